The minimum absolute atomic E-state index is 0.106. The second-order valence-corrected chi connectivity index (χ2v) is 10.5. The van der Waals surface area contributed by atoms with Crippen molar-refractivity contribution in [1.82, 2.24) is 5.32 Å². The Hall–Kier alpha value is -1.43. The van der Waals surface area contributed by atoms with Crippen molar-refractivity contribution in [3.63, 3.8) is 0 Å². The summed E-state index contributed by atoms with van der Waals surface area (Å²) in [5, 5.41) is 12.2. The van der Waals surface area contributed by atoms with Crippen LogP contribution in [0, 0.1) is 34.5 Å². The third kappa shape index (κ3) is 3.59. The van der Waals surface area contributed by atoms with E-state index in [1.165, 1.54) is 17.8 Å². The molecule has 0 spiro atoms. The minimum Gasteiger partial charge on any atom is -0.399 e. The SMILES string of the molecule is CNCCCON=C1CC[C@@]2(C)C(C1)/C(=N/OC)C[C@@H]1[C@@H]2CC[C@]2(C)C(=O)CC[C@@H]12. The van der Waals surface area contributed by atoms with E-state index >= 15 is 0 Å². The highest BCUT2D eigenvalue weighted by atomic mass is 16.6. The Kier molecular flexibility index (Phi) is 6.25. The number of nitrogens with zero attached hydrogens (tertiary/aromatic N) is 2. The largest absolute Gasteiger partial charge is 0.399 e. The Bertz CT molecular complexity index is 720. The van der Waals surface area contributed by atoms with Gasteiger partial charge in [-0.05, 0) is 88.1 Å². The van der Waals surface area contributed by atoms with E-state index in [9.17, 15) is 4.79 Å². The number of carbonyl (C=O) groups excluding carboxylic acids is 1. The number of hydrogen-bond donors (Lipinski definition) is 1. The van der Waals surface area contributed by atoms with E-state index < -0.39 is 0 Å². The predicted octanol–water partition coefficient (Wildman–Crippen LogP) is 4.19. The molecule has 6 atom stereocenters. The molecule has 6 heteroatoms. The summed E-state index contributed by atoms with van der Waals surface area (Å²) in [5.74, 6) is 2.60. The summed E-state index contributed by atoms with van der Waals surface area (Å²) < 4.78 is 0. The number of Topliss-reactive ketones (excluding diaryl/α,β-unsaturated/α-hetero) is 1. The van der Waals surface area contributed by atoms with Gasteiger partial charge in [-0.3, -0.25) is 4.79 Å². The van der Waals surface area contributed by atoms with Crippen LogP contribution in [-0.4, -0.2) is 44.5 Å². The number of ketones is 1. The van der Waals surface area contributed by atoms with Crippen molar-refractivity contribution in [3.8, 4) is 0 Å². The second kappa shape index (κ2) is 8.60. The predicted molar refractivity (Wildman–Crippen MR) is 118 cm³/mol. The van der Waals surface area contributed by atoms with Crippen LogP contribution in [0.3, 0.4) is 0 Å². The fraction of sp³-hybridized carbons (Fsp3) is 0.875. The van der Waals surface area contributed by atoms with E-state index in [0.29, 0.717) is 36.1 Å². The quantitative estimate of drug-likeness (QED) is 0.519. The van der Waals surface area contributed by atoms with Gasteiger partial charge in [0.15, 0.2) is 0 Å². The van der Waals surface area contributed by atoms with Gasteiger partial charge in [-0.2, -0.15) is 0 Å². The molecule has 30 heavy (non-hydrogen) atoms. The highest BCUT2D eigenvalue weighted by molar-refractivity contribution is 5.96. The molecule has 0 aliphatic heterocycles. The first-order chi connectivity index (χ1) is 14.4. The Balaban J connectivity index is 1.54. The fourth-order valence-electron chi connectivity index (χ4n) is 7.40. The summed E-state index contributed by atoms with van der Waals surface area (Å²) in [5.41, 5.74) is 2.46. The lowest BCUT2D eigenvalue weighted by molar-refractivity contribution is -0.133. The fourth-order valence-corrected chi connectivity index (χ4v) is 7.40. The summed E-state index contributed by atoms with van der Waals surface area (Å²) in [6.07, 6.45) is 9.05. The Morgan fingerprint density at radius 1 is 1.10 bits per heavy atom. The lowest BCUT2D eigenvalue weighted by atomic mass is 9.45. The van der Waals surface area contributed by atoms with E-state index in [-0.39, 0.29) is 10.8 Å². The summed E-state index contributed by atoms with van der Waals surface area (Å²) in [4.78, 5) is 23.6. The zero-order valence-corrected chi connectivity index (χ0v) is 19.2. The maximum absolute atomic E-state index is 12.7. The summed E-state index contributed by atoms with van der Waals surface area (Å²) in [6, 6.07) is 0. The van der Waals surface area contributed by atoms with Crippen LogP contribution in [-0.2, 0) is 14.5 Å². The lowest BCUT2D eigenvalue weighted by Crippen LogP contribution is -2.56. The van der Waals surface area contributed by atoms with Crippen LogP contribution in [0.2, 0.25) is 0 Å². The first kappa shape index (κ1) is 21.8. The van der Waals surface area contributed by atoms with Gasteiger partial charge < -0.3 is 15.0 Å². The van der Waals surface area contributed by atoms with Crippen LogP contribution in [0.1, 0.15) is 71.6 Å². The molecular weight excluding hydrogens is 378 g/mol. The third-order valence-corrected chi connectivity index (χ3v) is 9.09. The number of hydrogen-bond acceptors (Lipinski definition) is 6. The molecule has 4 aliphatic carbocycles. The first-order valence-electron chi connectivity index (χ1n) is 11.9. The molecule has 0 aromatic heterocycles. The average molecular weight is 418 g/mol. The van der Waals surface area contributed by atoms with E-state index in [2.05, 4.69) is 29.5 Å². The van der Waals surface area contributed by atoms with Crippen molar-refractivity contribution < 1.29 is 14.5 Å². The number of rotatable bonds is 6. The molecule has 0 aromatic carbocycles. The van der Waals surface area contributed by atoms with Crippen LogP contribution in [0.4, 0.5) is 0 Å². The molecule has 0 heterocycles. The van der Waals surface area contributed by atoms with Gasteiger partial charge in [0.05, 0.1) is 11.4 Å². The molecule has 1 N–H and O–H groups in total. The van der Waals surface area contributed by atoms with Crippen molar-refractivity contribution in [2.45, 2.75) is 71.6 Å². The maximum Gasteiger partial charge on any atom is 0.139 e. The van der Waals surface area contributed by atoms with Crippen LogP contribution in [0.5, 0.6) is 0 Å². The maximum atomic E-state index is 12.7. The molecule has 0 saturated heterocycles. The van der Waals surface area contributed by atoms with Gasteiger partial charge in [0, 0.05) is 17.8 Å². The van der Waals surface area contributed by atoms with Crippen LogP contribution >= 0.6 is 0 Å². The van der Waals surface area contributed by atoms with E-state index in [1.807, 2.05) is 7.05 Å². The standard InChI is InChI=1S/C24H39N3O3/c1-23-10-8-16(26-30-13-5-12-25-3)14-20(23)21(27-29-4)15-17-18-6-7-22(28)24(18,2)11-9-19(17)23/h17-20,25H,5-15H2,1-4H3/b26-16?,27-21+/t17-,18-,19-,20?,23+,24-/m0/s1. The smallest absolute Gasteiger partial charge is 0.139 e. The molecule has 0 aromatic rings. The number of oxime groups is 2. The topological polar surface area (TPSA) is 72.3 Å². The van der Waals surface area contributed by atoms with Crippen LogP contribution in [0.15, 0.2) is 10.3 Å². The van der Waals surface area contributed by atoms with Gasteiger partial charge >= 0.3 is 0 Å². The van der Waals surface area contributed by atoms with Crippen molar-refractivity contribution >= 4 is 17.2 Å². The average Bonchev–Trinajstić information content (AvgIpc) is 3.03. The molecule has 4 fully saturated rings. The van der Waals surface area contributed by atoms with Gasteiger partial charge in [0.1, 0.15) is 19.5 Å². The molecule has 4 aliphatic rings. The minimum atomic E-state index is -0.106. The van der Waals surface area contributed by atoms with Gasteiger partial charge in [0.2, 0.25) is 0 Å². The van der Waals surface area contributed by atoms with Crippen molar-refractivity contribution in [3.05, 3.63) is 0 Å². The number of fused-ring (bicyclic) bond motifs is 5. The molecule has 6 nitrogen and oxygen atoms in total. The zero-order valence-electron chi connectivity index (χ0n) is 19.2. The van der Waals surface area contributed by atoms with Gasteiger partial charge in [-0.1, -0.05) is 24.2 Å². The summed E-state index contributed by atoms with van der Waals surface area (Å²) >= 11 is 0. The second-order valence-electron chi connectivity index (χ2n) is 10.5. The van der Waals surface area contributed by atoms with E-state index in [0.717, 1.165) is 57.9 Å². The van der Waals surface area contributed by atoms with Crippen molar-refractivity contribution in [2.24, 2.45) is 44.8 Å². The molecule has 4 rings (SSSR count). The van der Waals surface area contributed by atoms with Crippen molar-refractivity contribution in [1.29, 1.82) is 0 Å². The first-order valence-corrected chi connectivity index (χ1v) is 11.9. The summed E-state index contributed by atoms with van der Waals surface area (Å²) in [6.45, 7) is 6.32. The Morgan fingerprint density at radius 3 is 2.70 bits per heavy atom. The molecule has 168 valence electrons. The third-order valence-electron chi connectivity index (χ3n) is 9.09. The number of carbonyl (C=O) groups is 1. The Morgan fingerprint density at radius 2 is 1.93 bits per heavy atom. The Labute approximate surface area is 181 Å². The highest BCUT2D eigenvalue weighted by Gasteiger charge is 2.61. The van der Waals surface area contributed by atoms with Gasteiger partial charge in [0.25, 0.3) is 0 Å². The zero-order chi connectivity index (χ0) is 21.4. The highest BCUT2D eigenvalue weighted by Crippen LogP contribution is 2.64. The molecule has 1 unspecified atom stereocenters. The van der Waals surface area contributed by atoms with Crippen LogP contribution in [0.25, 0.3) is 0 Å². The monoisotopic (exact) mass is 417 g/mol. The summed E-state index contributed by atoms with van der Waals surface area (Å²) in [7, 11) is 3.61. The normalized spacial score (nSPS) is 43.3. The molecule has 0 radical (unpaired) electrons. The van der Waals surface area contributed by atoms with E-state index in [1.54, 1.807) is 7.11 Å². The van der Waals surface area contributed by atoms with Gasteiger partial charge in [-0.25, -0.2) is 0 Å². The van der Waals surface area contributed by atoms with Gasteiger partial charge in [-0.15, -0.1) is 0 Å². The van der Waals surface area contributed by atoms with Crippen molar-refractivity contribution in [2.75, 3.05) is 27.3 Å². The van der Waals surface area contributed by atoms with E-state index in [4.69, 9.17) is 9.68 Å². The molecule has 4 saturated carbocycles. The number of nitrogens with one attached hydrogen (secondary N) is 1. The molecule has 0 amide bonds. The van der Waals surface area contributed by atoms with Crippen LogP contribution < -0.4 is 5.32 Å². The molecular formula is C24H39N3O3. The molecule has 0 bridgehead atoms. The lowest BCUT2D eigenvalue weighted by Gasteiger charge is -2.59.